The van der Waals surface area contributed by atoms with E-state index in [1.165, 1.54) is 6.42 Å². The molecule has 0 bridgehead atoms. The Balaban J connectivity index is 2.51. The number of carboxylic acid groups (broad SMARTS) is 1. The summed E-state index contributed by atoms with van der Waals surface area (Å²) in [5.41, 5.74) is 0. The molecule has 0 aromatic carbocycles. The highest BCUT2D eigenvalue weighted by molar-refractivity contribution is 5.82. The zero-order valence-electron chi connectivity index (χ0n) is 13.0. The van der Waals surface area contributed by atoms with Gasteiger partial charge < -0.3 is 15.7 Å². The van der Waals surface area contributed by atoms with E-state index in [4.69, 9.17) is 0 Å². The molecule has 1 fully saturated rings. The number of carbonyl (C=O) groups is 2. The largest absolute Gasteiger partial charge is 0.480 e. The van der Waals surface area contributed by atoms with E-state index in [1.54, 1.807) is 0 Å². The Morgan fingerprint density at radius 1 is 1.20 bits per heavy atom. The van der Waals surface area contributed by atoms with Crippen LogP contribution >= 0.6 is 0 Å². The van der Waals surface area contributed by atoms with Crippen molar-refractivity contribution in [3.8, 4) is 0 Å². The Hall–Kier alpha value is -1.26. The fourth-order valence-electron chi connectivity index (χ4n) is 3.12. The normalized spacial score (nSPS) is 29.3. The first-order valence-electron chi connectivity index (χ1n) is 7.63. The minimum atomic E-state index is -0.972. The van der Waals surface area contributed by atoms with Gasteiger partial charge in [-0.2, -0.15) is 0 Å². The molecule has 1 rings (SSSR count). The standard InChI is InChI=1S/C15H28N2O3/c1-5-11(4)13(14(18)19)17-15(20)16-12-7-9(2)6-10(3)8-12/h9-13H,5-8H2,1-4H3,(H,18,19)(H2,16,17,20). The molecular weight excluding hydrogens is 256 g/mol. The third-order valence-corrected chi connectivity index (χ3v) is 4.28. The zero-order valence-corrected chi connectivity index (χ0v) is 13.0. The highest BCUT2D eigenvalue weighted by Crippen LogP contribution is 2.28. The van der Waals surface area contributed by atoms with E-state index in [-0.39, 0.29) is 18.0 Å². The number of hydrogen-bond donors (Lipinski definition) is 3. The van der Waals surface area contributed by atoms with Gasteiger partial charge in [-0.3, -0.25) is 0 Å². The number of carboxylic acids is 1. The Bertz CT molecular complexity index is 336. The van der Waals surface area contributed by atoms with Crippen LogP contribution in [0.2, 0.25) is 0 Å². The summed E-state index contributed by atoms with van der Waals surface area (Å²) in [6.45, 7) is 8.15. The van der Waals surface area contributed by atoms with Gasteiger partial charge in [0, 0.05) is 6.04 Å². The molecule has 116 valence electrons. The number of nitrogens with one attached hydrogen (secondary N) is 2. The van der Waals surface area contributed by atoms with Crippen molar-refractivity contribution in [3.63, 3.8) is 0 Å². The average Bonchev–Trinajstić information content (AvgIpc) is 2.33. The summed E-state index contributed by atoms with van der Waals surface area (Å²) in [4.78, 5) is 23.2. The highest BCUT2D eigenvalue weighted by Gasteiger charge is 2.28. The van der Waals surface area contributed by atoms with Crippen molar-refractivity contribution in [2.75, 3.05) is 0 Å². The fourth-order valence-corrected chi connectivity index (χ4v) is 3.12. The minimum Gasteiger partial charge on any atom is -0.480 e. The third-order valence-electron chi connectivity index (χ3n) is 4.28. The SMILES string of the molecule is CCC(C)C(NC(=O)NC1CC(C)CC(C)C1)C(=O)O. The molecule has 5 heteroatoms. The number of aliphatic carboxylic acids is 1. The van der Waals surface area contributed by atoms with Crippen molar-refractivity contribution in [1.29, 1.82) is 0 Å². The van der Waals surface area contributed by atoms with Crippen molar-refractivity contribution >= 4 is 12.0 Å². The predicted octanol–water partition coefficient (Wildman–Crippen LogP) is 2.61. The summed E-state index contributed by atoms with van der Waals surface area (Å²) in [7, 11) is 0. The van der Waals surface area contributed by atoms with Gasteiger partial charge in [-0.05, 0) is 37.0 Å². The van der Waals surface area contributed by atoms with Crippen molar-refractivity contribution in [3.05, 3.63) is 0 Å². The van der Waals surface area contributed by atoms with E-state index >= 15 is 0 Å². The van der Waals surface area contributed by atoms with E-state index in [0.29, 0.717) is 11.8 Å². The van der Waals surface area contributed by atoms with E-state index < -0.39 is 12.0 Å². The van der Waals surface area contributed by atoms with Crippen LogP contribution < -0.4 is 10.6 Å². The maximum absolute atomic E-state index is 12.0. The van der Waals surface area contributed by atoms with Crippen LogP contribution in [0.25, 0.3) is 0 Å². The maximum Gasteiger partial charge on any atom is 0.326 e. The second-order valence-electron chi connectivity index (χ2n) is 6.43. The molecule has 1 saturated carbocycles. The molecule has 0 spiro atoms. The Morgan fingerprint density at radius 3 is 2.20 bits per heavy atom. The molecule has 0 aromatic heterocycles. The van der Waals surface area contributed by atoms with E-state index in [2.05, 4.69) is 24.5 Å². The van der Waals surface area contributed by atoms with Crippen LogP contribution in [0.5, 0.6) is 0 Å². The number of rotatable bonds is 5. The van der Waals surface area contributed by atoms with Gasteiger partial charge in [-0.1, -0.05) is 34.1 Å². The number of urea groups is 1. The second kappa shape index (κ2) is 7.50. The van der Waals surface area contributed by atoms with Gasteiger partial charge in [0.25, 0.3) is 0 Å². The Labute approximate surface area is 121 Å². The minimum absolute atomic E-state index is 0.0811. The van der Waals surface area contributed by atoms with Crippen LogP contribution in [0.3, 0.4) is 0 Å². The van der Waals surface area contributed by atoms with Gasteiger partial charge in [0.05, 0.1) is 0 Å². The molecule has 2 amide bonds. The second-order valence-corrected chi connectivity index (χ2v) is 6.43. The Kier molecular flexibility index (Phi) is 6.30. The molecule has 0 radical (unpaired) electrons. The van der Waals surface area contributed by atoms with Gasteiger partial charge >= 0.3 is 12.0 Å². The first-order valence-corrected chi connectivity index (χ1v) is 7.63. The van der Waals surface area contributed by atoms with E-state index in [0.717, 1.165) is 19.3 Å². The van der Waals surface area contributed by atoms with Crippen LogP contribution in [0.1, 0.15) is 53.4 Å². The van der Waals surface area contributed by atoms with Crippen molar-refractivity contribution < 1.29 is 14.7 Å². The molecule has 0 aliphatic heterocycles. The van der Waals surface area contributed by atoms with E-state index in [1.807, 2.05) is 13.8 Å². The molecule has 0 heterocycles. The average molecular weight is 284 g/mol. The summed E-state index contributed by atoms with van der Waals surface area (Å²) >= 11 is 0. The highest BCUT2D eigenvalue weighted by atomic mass is 16.4. The third kappa shape index (κ3) is 5.02. The predicted molar refractivity (Wildman–Crippen MR) is 78.5 cm³/mol. The molecule has 1 aliphatic rings. The van der Waals surface area contributed by atoms with Crippen LogP contribution in [0.4, 0.5) is 4.79 Å². The van der Waals surface area contributed by atoms with Crippen LogP contribution in [-0.4, -0.2) is 29.2 Å². The van der Waals surface area contributed by atoms with Crippen LogP contribution in [-0.2, 0) is 4.79 Å². The van der Waals surface area contributed by atoms with Crippen molar-refractivity contribution in [2.24, 2.45) is 17.8 Å². The lowest BCUT2D eigenvalue weighted by Gasteiger charge is -2.32. The van der Waals surface area contributed by atoms with Gasteiger partial charge in [-0.25, -0.2) is 9.59 Å². The number of carbonyl (C=O) groups excluding carboxylic acids is 1. The van der Waals surface area contributed by atoms with Gasteiger partial charge in [0.15, 0.2) is 0 Å². The number of hydrogen-bond acceptors (Lipinski definition) is 2. The van der Waals surface area contributed by atoms with Crippen LogP contribution in [0.15, 0.2) is 0 Å². The van der Waals surface area contributed by atoms with Crippen molar-refractivity contribution in [2.45, 2.75) is 65.5 Å². The molecule has 20 heavy (non-hydrogen) atoms. The molecule has 4 atom stereocenters. The lowest BCUT2D eigenvalue weighted by Crippen LogP contribution is -2.52. The Morgan fingerprint density at radius 2 is 1.75 bits per heavy atom. The molecule has 0 saturated heterocycles. The summed E-state index contributed by atoms with van der Waals surface area (Å²) in [5, 5.41) is 14.7. The lowest BCUT2D eigenvalue weighted by atomic mass is 9.80. The lowest BCUT2D eigenvalue weighted by molar-refractivity contribution is -0.140. The monoisotopic (exact) mass is 284 g/mol. The fraction of sp³-hybridized carbons (Fsp3) is 0.867. The molecule has 0 aromatic rings. The summed E-state index contributed by atoms with van der Waals surface area (Å²) in [5.74, 6) is 0.158. The quantitative estimate of drug-likeness (QED) is 0.726. The number of amides is 2. The molecule has 5 nitrogen and oxygen atoms in total. The first-order chi connectivity index (χ1) is 9.33. The molecule has 3 N–H and O–H groups in total. The van der Waals surface area contributed by atoms with Gasteiger partial charge in [-0.15, -0.1) is 0 Å². The van der Waals surface area contributed by atoms with Gasteiger partial charge in [0.2, 0.25) is 0 Å². The summed E-state index contributed by atoms with van der Waals surface area (Å²) < 4.78 is 0. The summed E-state index contributed by atoms with van der Waals surface area (Å²) in [6.07, 6.45) is 3.86. The zero-order chi connectivity index (χ0) is 15.3. The topological polar surface area (TPSA) is 78.4 Å². The molecule has 1 aliphatic carbocycles. The first kappa shape index (κ1) is 16.8. The van der Waals surface area contributed by atoms with Gasteiger partial charge in [0.1, 0.15) is 6.04 Å². The maximum atomic E-state index is 12.0. The molecular formula is C15H28N2O3. The van der Waals surface area contributed by atoms with Crippen LogP contribution in [0, 0.1) is 17.8 Å². The van der Waals surface area contributed by atoms with E-state index in [9.17, 15) is 14.7 Å². The van der Waals surface area contributed by atoms with Crippen molar-refractivity contribution in [1.82, 2.24) is 10.6 Å². The summed E-state index contributed by atoms with van der Waals surface area (Å²) in [6, 6.07) is -1.03. The smallest absolute Gasteiger partial charge is 0.326 e. The molecule has 4 unspecified atom stereocenters.